The molecule has 4 unspecified atom stereocenters. The third-order valence-electron chi connectivity index (χ3n) is 4.40. The molecular formula is C17H27N3O4. The van der Waals surface area contributed by atoms with Crippen molar-refractivity contribution >= 4 is 11.9 Å². The zero-order valence-corrected chi connectivity index (χ0v) is 14.3. The van der Waals surface area contributed by atoms with Gasteiger partial charge < -0.3 is 21.3 Å². The molecule has 0 fully saturated rings. The lowest BCUT2D eigenvalue weighted by Gasteiger charge is -2.39. The van der Waals surface area contributed by atoms with Crippen molar-refractivity contribution in [3.63, 3.8) is 0 Å². The highest BCUT2D eigenvalue weighted by atomic mass is 16.4. The van der Waals surface area contributed by atoms with Gasteiger partial charge in [-0.3, -0.25) is 10.5 Å². The molecule has 1 rings (SSSR count). The Labute approximate surface area is 142 Å². The summed E-state index contributed by atoms with van der Waals surface area (Å²) in [6.45, 7) is 4.96. The summed E-state index contributed by atoms with van der Waals surface area (Å²) < 4.78 is 0. The van der Waals surface area contributed by atoms with Crippen molar-refractivity contribution in [1.82, 2.24) is 5.32 Å². The summed E-state index contributed by atoms with van der Waals surface area (Å²) in [4.78, 5) is 23.7. The number of aliphatic carboxylic acids is 1. The molecule has 1 aromatic carbocycles. The van der Waals surface area contributed by atoms with E-state index in [1.165, 1.54) is 6.92 Å². The molecule has 0 aliphatic carbocycles. The standard InChI is InChI=1S/C17H27N3O4/c1-4-11(2)13(14(21)22)20-15(23)17(19,24)16(3,18)10-12-8-6-5-7-9-12/h5-9,11,13,24H,4,10,18-19H2,1-3H3,(H,20,23)(H,21,22). The summed E-state index contributed by atoms with van der Waals surface area (Å²) in [7, 11) is 0. The Morgan fingerprint density at radius 3 is 2.25 bits per heavy atom. The van der Waals surface area contributed by atoms with Gasteiger partial charge in [0.05, 0.1) is 5.54 Å². The number of carboxylic acid groups (broad SMARTS) is 1. The number of carboxylic acids is 1. The number of hydrogen-bond acceptors (Lipinski definition) is 5. The van der Waals surface area contributed by atoms with Crippen LogP contribution in [0.2, 0.25) is 0 Å². The summed E-state index contributed by atoms with van der Waals surface area (Å²) in [5.74, 6) is -2.51. The fraction of sp³-hybridized carbons (Fsp3) is 0.529. The minimum atomic E-state index is -2.43. The summed E-state index contributed by atoms with van der Waals surface area (Å²) in [5.41, 5.74) is 8.79. The van der Waals surface area contributed by atoms with Crippen molar-refractivity contribution in [3.8, 4) is 0 Å². The third kappa shape index (κ3) is 4.53. The molecule has 0 heterocycles. The number of nitrogens with one attached hydrogen (secondary N) is 1. The zero-order valence-electron chi connectivity index (χ0n) is 14.3. The minimum absolute atomic E-state index is 0.148. The Bertz CT molecular complexity index is 572. The van der Waals surface area contributed by atoms with E-state index in [-0.39, 0.29) is 12.3 Å². The number of amides is 1. The highest BCUT2D eigenvalue weighted by Gasteiger charge is 2.48. The predicted molar refractivity (Wildman–Crippen MR) is 90.9 cm³/mol. The molecule has 1 amide bonds. The van der Waals surface area contributed by atoms with E-state index in [1.807, 2.05) is 25.1 Å². The molecule has 0 aliphatic rings. The Morgan fingerprint density at radius 2 is 1.79 bits per heavy atom. The van der Waals surface area contributed by atoms with Gasteiger partial charge in [-0.2, -0.15) is 0 Å². The number of benzene rings is 1. The molecule has 7 N–H and O–H groups in total. The highest BCUT2D eigenvalue weighted by Crippen LogP contribution is 2.21. The van der Waals surface area contributed by atoms with Gasteiger partial charge in [0.15, 0.2) is 0 Å². The predicted octanol–water partition coefficient (Wildman–Crippen LogP) is 0.209. The fourth-order valence-corrected chi connectivity index (χ4v) is 2.35. The fourth-order valence-electron chi connectivity index (χ4n) is 2.35. The maximum atomic E-state index is 12.4. The van der Waals surface area contributed by atoms with Gasteiger partial charge in [0.25, 0.3) is 5.91 Å². The van der Waals surface area contributed by atoms with Crippen LogP contribution in [-0.4, -0.2) is 39.4 Å². The molecule has 0 bridgehead atoms. The second-order valence-electron chi connectivity index (χ2n) is 6.52. The maximum Gasteiger partial charge on any atom is 0.326 e. The van der Waals surface area contributed by atoms with E-state index in [0.29, 0.717) is 6.42 Å². The van der Waals surface area contributed by atoms with Gasteiger partial charge in [0.1, 0.15) is 6.04 Å². The number of hydrogen-bond donors (Lipinski definition) is 5. The highest BCUT2D eigenvalue weighted by molar-refractivity contribution is 5.90. The summed E-state index contributed by atoms with van der Waals surface area (Å²) in [6.07, 6.45) is 0.694. The van der Waals surface area contributed by atoms with Crippen LogP contribution in [0, 0.1) is 5.92 Å². The molecule has 4 atom stereocenters. The van der Waals surface area contributed by atoms with Gasteiger partial charge in [-0.15, -0.1) is 0 Å². The van der Waals surface area contributed by atoms with Crippen LogP contribution in [0.25, 0.3) is 0 Å². The van der Waals surface area contributed by atoms with E-state index < -0.39 is 29.2 Å². The van der Waals surface area contributed by atoms with Crippen LogP contribution in [0.1, 0.15) is 32.8 Å². The molecule has 0 aliphatic heterocycles. The minimum Gasteiger partial charge on any atom is -0.480 e. The first-order valence-electron chi connectivity index (χ1n) is 7.90. The molecule has 0 spiro atoms. The van der Waals surface area contributed by atoms with E-state index in [2.05, 4.69) is 5.32 Å². The Hall–Kier alpha value is -1.96. The smallest absolute Gasteiger partial charge is 0.326 e. The summed E-state index contributed by atoms with van der Waals surface area (Å²) in [6, 6.07) is 7.92. The first kappa shape index (κ1) is 20.1. The molecule has 7 heteroatoms. The zero-order chi connectivity index (χ0) is 18.5. The average Bonchev–Trinajstić information content (AvgIpc) is 2.51. The molecule has 0 saturated heterocycles. The number of carbonyl (C=O) groups is 2. The third-order valence-corrected chi connectivity index (χ3v) is 4.40. The first-order chi connectivity index (χ1) is 11.0. The molecule has 0 saturated carbocycles. The van der Waals surface area contributed by atoms with E-state index in [0.717, 1.165) is 5.56 Å². The summed E-state index contributed by atoms with van der Waals surface area (Å²) in [5, 5.41) is 22.1. The van der Waals surface area contributed by atoms with E-state index in [4.69, 9.17) is 11.5 Å². The number of aliphatic hydroxyl groups is 1. The van der Waals surface area contributed by atoms with E-state index in [9.17, 15) is 19.8 Å². The largest absolute Gasteiger partial charge is 0.480 e. The van der Waals surface area contributed by atoms with E-state index in [1.54, 1.807) is 19.1 Å². The topological polar surface area (TPSA) is 139 Å². The van der Waals surface area contributed by atoms with Gasteiger partial charge in [0, 0.05) is 0 Å². The molecule has 1 aromatic rings. The van der Waals surface area contributed by atoms with Crippen LogP contribution < -0.4 is 16.8 Å². The van der Waals surface area contributed by atoms with Gasteiger partial charge in [-0.25, -0.2) is 4.79 Å². The second kappa shape index (κ2) is 7.74. The van der Waals surface area contributed by atoms with Gasteiger partial charge >= 0.3 is 5.97 Å². The quantitative estimate of drug-likeness (QED) is 0.430. The first-order valence-corrected chi connectivity index (χ1v) is 7.90. The normalized spacial score (nSPS) is 18.8. The van der Waals surface area contributed by atoms with Crippen LogP contribution >= 0.6 is 0 Å². The molecule has 7 nitrogen and oxygen atoms in total. The van der Waals surface area contributed by atoms with Crippen molar-refractivity contribution in [1.29, 1.82) is 0 Å². The van der Waals surface area contributed by atoms with Gasteiger partial charge in [-0.1, -0.05) is 50.6 Å². The molecule has 0 aromatic heterocycles. The Kier molecular flexibility index (Phi) is 6.48. The number of carbonyl (C=O) groups excluding carboxylic acids is 1. The van der Waals surface area contributed by atoms with Gasteiger partial charge in [0.2, 0.25) is 5.72 Å². The SMILES string of the molecule is CCC(C)C(NC(=O)C(N)(O)C(C)(N)Cc1ccccc1)C(=O)O. The average molecular weight is 337 g/mol. The molecular weight excluding hydrogens is 310 g/mol. The van der Waals surface area contributed by atoms with Crippen molar-refractivity contribution in [2.24, 2.45) is 17.4 Å². The maximum absolute atomic E-state index is 12.4. The number of nitrogens with two attached hydrogens (primary N) is 2. The van der Waals surface area contributed by atoms with Crippen molar-refractivity contribution in [2.45, 2.75) is 50.9 Å². The van der Waals surface area contributed by atoms with Crippen LogP contribution in [0.3, 0.4) is 0 Å². The molecule has 0 radical (unpaired) electrons. The van der Waals surface area contributed by atoms with Crippen LogP contribution in [0.15, 0.2) is 30.3 Å². The van der Waals surface area contributed by atoms with Crippen molar-refractivity contribution in [3.05, 3.63) is 35.9 Å². The number of rotatable bonds is 8. The lowest BCUT2D eigenvalue weighted by molar-refractivity contribution is -0.153. The molecule has 134 valence electrons. The van der Waals surface area contributed by atoms with Crippen molar-refractivity contribution < 1.29 is 19.8 Å². The lowest BCUT2D eigenvalue weighted by atomic mass is 9.83. The Balaban J connectivity index is 2.95. The summed E-state index contributed by atoms with van der Waals surface area (Å²) >= 11 is 0. The monoisotopic (exact) mass is 337 g/mol. The lowest BCUT2D eigenvalue weighted by Crippen LogP contribution is -2.73. The Morgan fingerprint density at radius 1 is 1.25 bits per heavy atom. The molecule has 24 heavy (non-hydrogen) atoms. The van der Waals surface area contributed by atoms with Crippen LogP contribution in [-0.2, 0) is 16.0 Å². The van der Waals surface area contributed by atoms with Crippen LogP contribution in [0.4, 0.5) is 0 Å². The van der Waals surface area contributed by atoms with Crippen molar-refractivity contribution in [2.75, 3.05) is 0 Å². The van der Waals surface area contributed by atoms with E-state index >= 15 is 0 Å². The van der Waals surface area contributed by atoms with Crippen LogP contribution in [0.5, 0.6) is 0 Å². The van der Waals surface area contributed by atoms with Gasteiger partial charge in [-0.05, 0) is 24.8 Å². The second-order valence-corrected chi connectivity index (χ2v) is 6.52.